The van der Waals surface area contributed by atoms with Crippen LogP contribution in [0.15, 0.2) is 40.6 Å². The van der Waals surface area contributed by atoms with Crippen molar-refractivity contribution >= 4 is 53.4 Å². The Labute approximate surface area is 220 Å². The largest absolute Gasteiger partial charge is 0.467 e. The van der Waals surface area contributed by atoms with Gasteiger partial charge in [-0.3, -0.25) is 10.2 Å². The molecule has 36 heavy (non-hydrogen) atoms. The zero-order valence-corrected chi connectivity index (χ0v) is 22.7. The van der Waals surface area contributed by atoms with Gasteiger partial charge < -0.3 is 19.3 Å². The summed E-state index contributed by atoms with van der Waals surface area (Å²) in [6.07, 6.45) is 5.96. The van der Waals surface area contributed by atoms with E-state index in [0.29, 0.717) is 12.1 Å². The molecule has 1 saturated heterocycles. The van der Waals surface area contributed by atoms with Gasteiger partial charge >= 0.3 is 5.97 Å². The second kappa shape index (κ2) is 12.8. The molecule has 1 fully saturated rings. The minimum Gasteiger partial charge on any atom is -0.467 e. The molecule has 0 saturated carbocycles. The number of amidine groups is 1. The number of benzene rings is 1. The highest BCUT2D eigenvalue weighted by Gasteiger charge is 2.38. The minimum absolute atomic E-state index is 0.139. The summed E-state index contributed by atoms with van der Waals surface area (Å²) < 4.78 is 8.03. The number of carbonyl (C=O) groups excluding carboxylic acids is 3. The highest BCUT2D eigenvalue weighted by atomic mass is 32.2. The molecule has 0 aliphatic carbocycles. The lowest BCUT2D eigenvalue weighted by molar-refractivity contribution is -0.156. The number of likely N-dealkylation sites (N-methyl/N-ethyl adjacent to an activating group) is 1. The molecular weight excluding hydrogens is 496 g/mol. The lowest BCUT2D eigenvalue weighted by atomic mass is 10.1. The first-order valence-corrected chi connectivity index (χ1v) is 13.3. The van der Waals surface area contributed by atoms with Crippen LogP contribution in [0.3, 0.4) is 0 Å². The zero-order valence-electron chi connectivity index (χ0n) is 21.0. The van der Waals surface area contributed by atoms with Crippen molar-refractivity contribution in [3.8, 4) is 0 Å². The standard InChI is InChI=1S/C26H32N4O4S2/c1-5-6-7-21-14-24(35-18(21)2)36-29-16-22(26(33)34-4)30(23(32)17-29)15-19-8-10-20(11-9-19)25(27)28(3)12-13-31/h6-11,13-14,22,27H,5,12,15-17H2,1-4H3/b7-6-,27-25?. The Morgan fingerprint density at radius 1 is 1.33 bits per heavy atom. The molecule has 3 rings (SSSR count). The summed E-state index contributed by atoms with van der Waals surface area (Å²) in [5.74, 6) is -0.359. The monoisotopic (exact) mass is 528 g/mol. The maximum atomic E-state index is 13.2. The van der Waals surface area contributed by atoms with E-state index in [-0.39, 0.29) is 31.4 Å². The molecule has 2 heterocycles. The fourth-order valence-corrected chi connectivity index (χ4v) is 6.21. The van der Waals surface area contributed by atoms with Crippen LogP contribution >= 0.6 is 23.3 Å². The van der Waals surface area contributed by atoms with Gasteiger partial charge in [0.1, 0.15) is 18.2 Å². The third kappa shape index (κ3) is 6.83. The molecule has 192 valence electrons. The second-order valence-electron chi connectivity index (χ2n) is 8.45. The van der Waals surface area contributed by atoms with Gasteiger partial charge in [0.25, 0.3) is 0 Å². The number of ether oxygens (including phenoxy) is 1. The number of aldehydes is 1. The van der Waals surface area contributed by atoms with Crippen LogP contribution in [-0.2, 0) is 25.7 Å². The molecule has 10 heteroatoms. The van der Waals surface area contributed by atoms with Crippen LogP contribution < -0.4 is 0 Å². The van der Waals surface area contributed by atoms with E-state index in [1.165, 1.54) is 29.5 Å². The molecule has 0 bridgehead atoms. The maximum Gasteiger partial charge on any atom is 0.329 e. The van der Waals surface area contributed by atoms with Crippen molar-refractivity contribution in [2.75, 3.05) is 33.8 Å². The third-order valence-electron chi connectivity index (χ3n) is 5.85. The van der Waals surface area contributed by atoms with Crippen molar-refractivity contribution in [1.82, 2.24) is 14.1 Å². The van der Waals surface area contributed by atoms with Crippen molar-refractivity contribution in [2.24, 2.45) is 0 Å². The molecule has 1 aromatic carbocycles. The van der Waals surface area contributed by atoms with Crippen molar-refractivity contribution in [1.29, 1.82) is 5.41 Å². The predicted molar refractivity (Wildman–Crippen MR) is 144 cm³/mol. The van der Waals surface area contributed by atoms with E-state index in [0.717, 1.165) is 22.5 Å². The summed E-state index contributed by atoms with van der Waals surface area (Å²) in [6.45, 7) is 5.13. The summed E-state index contributed by atoms with van der Waals surface area (Å²) >= 11 is 3.17. The van der Waals surface area contributed by atoms with Gasteiger partial charge in [0.05, 0.1) is 24.4 Å². The first kappa shape index (κ1) is 27.6. The van der Waals surface area contributed by atoms with Crippen molar-refractivity contribution in [2.45, 2.75) is 37.1 Å². The van der Waals surface area contributed by atoms with Gasteiger partial charge in [0.2, 0.25) is 5.91 Å². The van der Waals surface area contributed by atoms with Crippen molar-refractivity contribution < 1.29 is 19.1 Å². The lowest BCUT2D eigenvalue weighted by Crippen LogP contribution is -2.57. The fourth-order valence-electron chi connectivity index (χ4n) is 3.82. The SMILES string of the molecule is CC/C=C\c1cc(SN2CC(=O)N(Cc3ccc(C(=N)N(C)CC=O)cc3)C(C(=O)OC)C2)sc1C. The topological polar surface area (TPSA) is 94.0 Å². The number of methoxy groups -OCH3 is 1. The first-order valence-electron chi connectivity index (χ1n) is 11.7. The summed E-state index contributed by atoms with van der Waals surface area (Å²) in [5.41, 5.74) is 2.68. The van der Waals surface area contributed by atoms with E-state index in [2.05, 4.69) is 32.1 Å². The highest BCUT2D eigenvalue weighted by molar-refractivity contribution is 7.99. The quantitative estimate of drug-likeness (QED) is 0.165. The van der Waals surface area contributed by atoms with Gasteiger partial charge in [-0.05, 0) is 42.5 Å². The normalized spacial score (nSPS) is 16.4. The number of esters is 1. The Morgan fingerprint density at radius 2 is 2.06 bits per heavy atom. The van der Waals surface area contributed by atoms with Crippen LogP contribution in [-0.4, -0.2) is 77.9 Å². The molecule has 1 aromatic heterocycles. The van der Waals surface area contributed by atoms with E-state index < -0.39 is 12.0 Å². The number of nitrogens with zero attached hydrogens (tertiary/aromatic N) is 3. The van der Waals surface area contributed by atoms with Gasteiger partial charge in [0, 0.05) is 30.6 Å². The number of thiophene rings is 1. The molecule has 8 nitrogen and oxygen atoms in total. The molecule has 1 aliphatic heterocycles. The number of piperazine rings is 1. The van der Waals surface area contributed by atoms with Crippen LogP contribution in [0.25, 0.3) is 6.08 Å². The molecule has 1 N–H and O–H groups in total. The number of nitrogens with one attached hydrogen (secondary N) is 1. The zero-order chi connectivity index (χ0) is 26.2. The number of allylic oxidation sites excluding steroid dienone is 1. The summed E-state index contributed by atoms with van der Waals surface area (Å²) in [4.78, 5) is 40.9. The molecule has 1 atom stereocenters. The summed E-state index contributed by atoms with van der Waals surface area (Å²) in [6, 6.07) is 8.63. The summed E-state index contributed by atoms with van der Waals surface area (Å²) in [5, 5.41) is 8.20. The van der Waals surface area contributed by atoms with Crippen LogP contribution in [0.1, 0.15) is 34.9 Å². The number of aryl methyl sites for hydroxylation is 1. The molecule has 1 unspecified atom stereocenters. The van der Waals surface area contributed by atoms with E-state index in [4.69, 9.17) is 10.1 Å². The number of rotatable bonds is 10. The van der Waals surface area contributed by atoms with E-state index >= 15 is 0 Å². The smallest absolute Gasteiger partial charge is 0.329 e. The number of amides is 1. The van der Waals surface area contributed by atoms with Crippen LogP contribution in [0, 0.1) is 12.3 Å². The van der Waals surface area contributed by atoms with Gasteiger partial charge in [-0.25, -0.2) is 9.10 Å². The third-order valence-corrected chi connectivity index (χ3v) is 8.02. The van der Waals surface area contributed by atoms with Crippen LogP contribution in [0.2, 0.25) is 0 Å². The van der Waals surface area contributed by atoms with Crippen LogP contribution in [0.4, 0.5) is 0 Å². The van der Waals surface area contributed by atoms with Gasteiger partial charge in [-0.1, -0.05) is 43.3 Å². The Kier molecular flexibility index (Phi) is 9.86. The number of hydrogen-bond acceptors (Lipinski definition) is 8. The maximum absolute atomic E-state index is 13.2. The van der Waals surface area contributed by atoms with Crippen molar-refractivity contribution in [3.05, 3.63) is 58.0 Å². The van der Waals surface area contributed by atoms with Crippen molar-refractivity contribution in [3.63, 3.8) is 0 Å². The fraction of sp³-hybridized carbons (Fsp3) is 0.385. The predicted octanol–water partition coefficient (Wildman–Crippen LogP) is 3.83. The highest BCUT2D eigenvalue weighted by Crippen LogP contribution is 2.35. The molecule has 0 spiro atoms. The van der Waals surface area contributed by atoms with Crippen LogP contribution in [0.5, 0.6) is 0 Å². The Balaban J connectivity index is 1.72. The second-order valence-corrected chi connectivity index (χ2v) is 11.1. The molecular formula is C26H32N4O4S2. The molecule has 1 aliphatic rings. The molecule has 0 radical (unpaired) electrons. The van der Waals surface area contributed by atoms with E-state index in [1.807, 2.05) is 16.4 Å². The molecule has 2 aromatic rings. The minimum atomic E-state index is -0.721. The van der Waals surface area contributed by atoms with Gasteiger partial charge in [-0.2, -0.15) is 0 Å². The van der Waals surface area contributed by atoms with E-state index in [1.54, 1.807) is 40.3 Å². The average molecular weight is 529 g/mol. The lowest BCUT2D eigenvalue weighted by Gasteiger charge is -2.38. The summed E-state index contributed by atoms with van der Waals surface area (Å²) in [7, 11) is 3.02. The van der Waals surface area contributed by atoms with Gasteiger partial charge in [0.15, 0.2) is 0 Å². The first-order chi connectivity index (χ1) is 17.3. The average Bonchev–Trinajstić information content (AvgIpc) is 3.22. The van der Waals surface area contributed by atoms with E-state index in [9.17, 15) is 14.4 Å². The Bertz CT molecular complexity index is 1130. The molecule has 1 amide bonds. The van der Waals surface area contributed by atoms with Gasteiger partial charge in [-0.15, -0.1) is 11.3 Å². The number of hydrogen-bond donors (Lipinski definition) is 1. The number of carbonyl (C=O) groups is 3. The Morgan fingerprint density at radius 3 is 2.69 bits per heavy atom. The Hall–Kier alpha value is -2.95.